The molecule has 1 aromatic heterocycles. The van der Waals surface area contributed by atoms with Crippen LogP contribution in [-0.4, -0.2) is 50.7 Å². The molecule has 0 bridgehead atoms. The molecule has 0 aliphatic carbocycles. The minimum Gasteiger partial charge on any atom is -0.406 e. The number of thiocarbonyl (C=S) groups is 1. The first-order chi connectivity index (χ1) is 20.1. The summed E-state index contributed by atoms with van der Waals surface area (Å²) in [5, 5.41) is 24.5. The minimum atomic E-state index is -4.78. The van der Waals surface area contributed by atoms with Crippen molar-refractivity contribution < 1.29 is 23.0 Å². The van der Waals surface area contributed by atoms with Gasteiger partial charge in [0.25, 0.3) is 0 Å². The van der Waals surface area contributed by atoms with Crippen molar-refractivity contribution >= 4 is 35.2 Å². The van der Waals surface area contributed by atoms with E-state index in [9.17, 15) is 18.3 Å². The fourth-order valence-corrected chi connectivity index (χ4v) is 4.16. The Balaban J connectivity index is 1.39. The standard InChI is InChI=1S/C29H30F3N7O2S/c1-19(2)24-5-3-4-6-25(24)35-28(42)37-34-16-15-20-7-9-21(10-8-20)26-36-27(33-17-18-40)39(38-26)22-11-13-23(14-12-22)41-29(30,31)32/h3-14,16,19,40H,15,17-18H2,1-2H3,(H,33,36,38)(H2,35,37,42)/b34-16+. The van der Waals surface area contributed by atoms with Crippen molar-refractivity contribution in [3.63, 3.8) is 0 Å². The molecular formula is C29H30F3N7O2S. The Hall–Kier alpha value is -4.49. The molecule has 0 saturated carbocycles. The number of aromatic nitrogens is 3. The fraction of sp³-hybridized carbons (Fsp3) is 0.241. The van der Waals surface area contributed by atoms with Crippen molar-refractivity contribution in [3.8, 4) is 22.8 Å². The first-order valence-electron chi connectivity index (χ1n) is 13.1. The summed E-state index contributed by atoms with van der Waals surface area (Å²) in [7, 11) is 0. The smallest absolute Gasteiger partial charge is 0.406 e. The number of hydrogen-bond donors (Lipinski definition) is 4. The number of benzene rings is 3. The number of rotatable bonds is 11. The first-order valence-corrected chi connectivity index (χ1v) is 13.5. The molecule has 0 unspecified atom stereocenters. The lowest BCUT2D eigenvalue weighted by atomic mass is 10.0. The van der Waals surface area contributed by atoms with Crippen LogP contribution in [0, 0.1) is 0 Å². The molecule has 4 N–H and O–H groups in total. The number of nitrogens with one attached hydrogen (secondary N) is 3. The number of alkyl halides is 3. The van der Waals surface area contributed by atoms with Crippen LogP contribution in [0.15, 0.2) is 77.9 Å². The van der Waals surface area contributed by atoms with Crippen LogP contribution in [0.1, 0.15) is 30.9 Å². The maximum Gasteiger partial charge on any atom is 0.573 e. The summed E-state index contributed by atoms with van der Waals surface area (Å²) < 4.78 is 42.9. The second-order valence-corrected chi connectivity index (χ2v) is 9.79. The third-order valence-corrected chi connectivity index (χ3v) is 6.14. The van der Waals surface area contributed by atoms with Crippen LogP contribution in [0.3, 0.4) is 0 Å². The van der Waals surface area contributed by atoms with E-state index in [-0.39, 0.29) is 18.9 Å². The monoisotopic (exact) mass is 597 g/mol. The topological polar surface area (TPSA) is 109 Å². The second-order valence-electron chi connectivity index (χ2n) is 9.38. The number of para-hydroxylation sites is 1. The number of halogens is 3. The molecule has 0 radical (unpaired) electrons. The first kappa shape index (κ1) is 30.5. The Morgan fingerprint density at radius 3 is 2.45 bits per heavy atom. The second kappa shape index (κ2) is 13.9. The fourth-order valence-electron chi connectivity index (χ4n) is 4.00. The average Bonchev–Trinajstić information content (AvgIpc) is 3.38. The molecule has 0 fully saturated rings. The zero-order chi connectivity index (χ0) is 30.1. The minimum absolute atomic E-state index is 0.141. The molecule has 0 aliphatic heterocycles. The van der Waals surface area contributed by atoms with Crippen molar-refractivity contribution in [2.75, 3.05) is 23.8 Å². The lowest BCUT2D eigenvalue weighted by Gasteiger charge is -2.14. The Bertz CT molecular complexity index is 1510. The molecule has 0 atom stereocenters. The van der Waals surface area contributed by atoms with Crippen LogP contribution >= 0.6 is 12.2 Å². The molecule has 1 heterocycles. The molecule has 13 heteroatoms. The molecule has 220 valence electrons. The van der Waals surface area contributed by atoms with Gasteiger partial charge in [-0.1, -0.05) is 56.3 Å². The van der Waals surface area contributed by atoms with Crippen molar-refractivity contribution in [2.24, 2.45) is 5.10 Å². The summed E-state index contributed by atoms with van der Waals surface area (Å²) in [6.45, 7) is 4.31. The van der Waals surface area contributed by atoms with E-state index in [1.165, 1.54) is 28.9 Å². The summed E-state index contributed by atoms with van der Waals surface area (Å²) in [5.74, 6) is 0.724. The molecule has 42 heavy (non-hydrogen) atoms. The largest absolute Gasteiger partial charge is 0.573 e. The quantitative estimate of drug-likeness (QED) is 0.0966. The van der Waals surface area contributed by atoms with Gasteiger partial charge in [0, 0.05) is 30.4 Å². The lowest BCUT2D eigenvalue weighted by Crippen LogP contribution is -2.24. The molecule has 9 nitrogen and oxygen atoms in total. The number of nitrogens with zero attached hydrogens (tertiary/aromatic N) is 4. The summed E-state index contributed by atoms with van der Waals surface area (Å²) in [6, 6.07) is 20.8. The van der Waals surface area contributed by atoms with Gasteiger partial charge in [-0.15, -0.1) is 18.3 Å². The normalized spacial score (nSPS) is 11.6. The van der Waals surface area contributed by atoms with Crippen molar-refractivity contribution in [3.05, 3.63) is 83.9 Å². The van der Waals surface area contributed by atoms with Gasteiger partial charge in [-0.2, -0.15) is 14.8 Å². The van der Waals surface area contributed by atoms with Gasteiger partial charge < -0.3 is 20.5 Å². The number of hydrogen-bond acceptors (Lipinski definition) is 7. The van der Waals surface area contributed by atoms with Crippen molar-refractivity contribution in [2.45, 2.75) is 32.5 Å². The van der Waals surface area contributed by atoms with Crippen molar-refractivity contribution in [1.82, 2.24) is 20.2 Å². The molecule has 0 saturated heterocycles. The Morgan fingerprint density at radius 2 is 1.79 bits per heavy atom. The zero-order valence-corrected chi connectivity index (χ0v) is 23.7. The predicted molar refractivity (Wildman–Crippen MR) is 161 cm³/mol. The Morgan fingerprint density at radius 1 is 1.07 bits per heavy atom. The predicted octanol–water partition coefficient (Wildman–Crippen LogP) is 5.88. The average molecular weight is 598 g/mol. The maximum absolute atomic E-state index is 12.5. The van der Waals surface area contributed by atoms with Crippen molar-refractivity contribution in [1.29, 1.82) is 0 Å². The van der Waals surface area contributed by atoms with Gasteiger partial charge in [-0.05, 0) is 59.6 Å². The van der Waals surface area contributed by atoms with Crippen LogP contribution in [-0.2, 0) is 6.42 Å². The van der Waals surface area contributed by atoms with Crippen LogP contribution < -0.4 is 20.8 Å². The van der Waals surface area contributed by atoms with Crippen LogP contribution in [0.5, 0.6) is 5.75 Å². The van der Waals surface area contributed by atoms with E-state index >= 15 is 0 Å². The van der Waals surface area contributed by atoms with E-state index in [0.717, 1.165) is 22.4 Å². The van der Waals surface area contributed by atoms with E-state index in [4.69, 9.17) is 12.2 Å². The van der Waals surface area contributed by atoms with Crippen LogP contribution in [0.2, 0.25) is 0 Å². The molecule has 0 aliphatic rings. The van der Waals surface area contributed by atoms with Gasteiger partial charge >= 0.3 is 6.36 Å². The van der Waals surface area contributed by atoms with E-state index in [0.29, 0.717) is 34.9 Å². The SMILES string of the molecule is CC(C)c1ccccc1NC(=S)N/N=C/Cc1ccc(-c2nc(NCCO)n(-c3ccc(OC(F)(F)F)cc3)n2)cc1. The summed E-state index contributed by atoms with van der Waals surface area (Å²) in [6.07, 6.45) is -2.52. The Kier molecular flexibility index (Phi) is 10.1. The van der Waals surface area contributed by atoms with Gasteiger partial charge in [-0.25, -0.2) is 0 Å². The Labute approximate surface area is 246 Å². The van der Waals surface area contributed by atoms with E-state index in [2.05, 4.69) is 55.9 Å². The number of anilines is 2. The van der Waals surface area contributed by atoms with Gasteiger partial charge in [0.2, 0.25) is 5.95 Å². The maximum atomic E-state index is 12.5. The van der Waals surface area contributed by atoms with E-state index < -0.39 is 6.36 Å². The number of ether oxygens (including phenoxy) is 1. The molecule has 0 amide bonds. The number of aliphatic hydroxyl groups is 1. The third kappa shape index (κ3) is 8.51. The summed E-state index contributed by atoms with van der Waals surface area (Å²) in [5.41, 5.74) is 7.12. The van der Waals surface area contributed by atoms with Gasteiger partial charge in [0.1, 0.15) is 5.75 Å². The zero-order valence-electron chi connectivity index (χ0n) is 22.9. The van der Waals surface area contributed by atoms with E-state index in [1.807, 2.05) is 42.5 Å². The number of aliphatic hydroxyl groups excluding tert-OH is 1. The van der Waals surface area contributed by atoms with E-state index in [1.54, 1.807) is 6.21 Å². The van der Waals surface area contributed by atoms with Crippen LogP contribution in [0.25, 0.3) is 17.1 Å². The molecule has 4 rings (SSSR count). The highest BCUT2D eigenvalue weighted by Gasteiger charge is 2.31. The summed E-state index contributed by atoms with van der Waals surface area (Å²) >= 11 is 5.36. The summed E-state index contributed by atoms with van der Waals surface area (Å²) in [4.78, 5) is 4.51. The highest BCUT2D eigenvalue weighted by Crippen LogP contribution is 2.26. The molecule has 0 spiro atoms. The molecular weight excluding hydrogens is 567 g/mol. The third-order valence-electron chi connectivity index (χ3n) is 5.94. The molecule has 4 aromatic rings. The van der Waals surface area contributed by atoms with Gasteiger partial charge in [0.05, 0.1) is 12.3 Å². The van der Waals surface area contributed by atoms with Gasteiger partial charge in [0.15, 0.2) is 10.9 Å². The highest BCUT2D eigenvalue weighted by atomic mass is 32.1. The number of hydrazone groups is 1. The highest BCUT2D eigenvalue weighted by molar-refractivity contribution is 7.80. The lowest BCUT2D eigenvalue weighted by molar-refractivity contribution is -0.274. The molecule has 3 aromatic carbocycles. The van der Waals surface area contributed by atoms with Gasteiger partial charge in [-0.3, -0.25) is 5.43 Å². The van der Waals surface area contributed by atoms with Crippen LogP contribution in [0.4, 0.5) is 24.8 Å².